The zero-order chi connectivity index (χ0) is 10.8. The topological polar surface area (TPSA) is 37.3 Å². The molecule has 1 aromatic carbocycles. The van der Waals surface area contributed by atoms with Gasteiger partial charge in [-0.1, -0.05) is 25.1 Å². The van der Waals surface area contributed by atoms with Crippen LogP contribution in [0.2, 0.25) is 0 Å². The van der Waals surface area contributed by atoms with E-state index in [0.29, 0.717) is 12.0 Å². The quantitative estimate of drug-likeness (QED) is 0.747. The molecule has 0 radical (unpaired) electrons. The van der Waals surface area contributed by atoms with Crippen LogP contribution in [-0.2, 0) is 5.60 Å². The normalized spacial score (nSPS) is 14.9. The van der Waals surface area contributed by atoms with E-state index in [9.17, 15) is 9.90 Å². The molecule has 0 aromatic heterocycles. The van der Waals surface area contributed by atoms with Crippen molar-refractivity contribution in [1.82, 2.24) is 0 Å². The second-order valence-corrected chi connectivity index (χ2v) is 3.76. The lowest BCUT2D eigenvalue weighted by Gasteiger charge is -2.22. The molecular formula is C12H16O2. The summed E-state index contributed by atoms with van der Waals surface area (Å²) >= 11 is 0. The van der Waals surface area contributed by atoms with E-state index in [-0.39, 0.29) is 5.78 Å². The summed E-state index contributed by atoms with van der Waals surface area (Å²) in [5, 5.41) is 9.99. The van der Waals surface area contributed by atoms with Crippen LogP contribution in [0.25, 0.3) is 0 Å². The minimum Gasteiger partial charge on any atom is -0.385 e. The Morgan fingerprint density at radius 3 is 2.64 bits per heavy atom. The Bertz CT molecular complexity index is 340. The Labute approximate surface area is 84.6 Å². The SMILES string of the molecule is CCC(C)(O)c1cccc(C(C)=O)c1. The van der Waals surface area contributed by atoms with Crippen molar-refractivity contribution in [2.75, 3.05) is 0 Å². The highest BCUT2D eigenvalue weighted by molar-refractivity contribution is 5.94. The van der Waals surface area contributed by atoms with Gasteiger partial charge in [-0.3, -0.25) is 4.79 Å². The number of ketones is 1. The summed E-state index contributed by atoms with van der Waals surface area (Å²) in [7, 11) is 0. The van der Waals surface area contributed by atoms with Gasteiger partial charge in [0.25, 0.3) is 0 Å². The number of rotatable bonds is 3. The van der Waals surface area contributed by atoms with Crippen molar-refractivity contribution in [3.05, 3.63) is 35.4 Å². The number of carbonyl (C=O) groups excluding carboxylic acids is 1. The van der Waals surface area contributed by atoms with Gasteiger partial charge in [0.1, 0.15) is 0 Å². The molecule has 1 atom stereocenters. The van der Waals surface area contributed by atoms with E-state index in [2.05, 4.69) is 0 Å². The molecule has 1 rings (SSSR count). The third-order valence-corrected chi connectivity index (χ3v) is 2.58. The van der Waals surface area contributed by atoms with Crippen molar-refractivity contribution in [3.63, 3.8) is 0 Å². The minimum absolute atomic E-state index is 0.0266. The minimum atomic E-state index is -0.842. The number of hydrogen-bond acceptors (Lipinski definition) is 2. The van der Waals surface area contributed by atoms with Gasteiger partial charge in [0.2, 0.25) is 0 Å². The highest BCUT2D eigenvalue weighted by Gasteiger charge is 2.20. The van der Waals surface area contributed by atoms with Crippen molar-refractivity contribution >= 4 is 5.78 Å². The fourth-order valence-electron chi connectivity index (χ4n) is 1.28. The van der Waals surface area contributed by atoms with Gasteiger partial charge in [0.15, 0.2) is 5.78 Å². The standard InChI is InChI=1S/C12H16O2/c1-4-12(3,14)11-7-5-6-10(8-11)9(2)13/h5-8,14H,4H2,1-3H3. The molecule has 0 saturated heterocycles. The molecule has 0 bridgehead atoms. The molecule has 14 heavy (non-hydrogen) atoms. The number of hydrogen-bond donors (Lipinski definition) is 1. The maximum Gasteiger partial charge on any atom is 0.159 e. The molecule has 0 aliphatic carbocycles. The Hall–Kier alpha value is -1.15. The number of aliphatic hydroxyl groups is 1. The molecular weight excluding hydrogens is 176 g/mol. The fourth-order valence-corrected chi connectivity index (χ4v) is 1.28. The Morgan fingerprint density at radius 1 is 1.50 bits per heavy atom. The lowest BCUT2D eigenvalue weighted by Crippen LogP contribution is -2.19. The van der Waals surface area contributed by atoms with E-state index >= 15 is 0 Å². The number of Topliss-reactive ketones (excluding diaryl/α,β-unsaturated/α-hetero) is 1. The Morgan fingerprint density at radius 2 is 2.14 bits per heavy atom. The summed E-state index contributed by atoms with van der Waals surface area (Å²) in [5.41, 5.74) is 0.606. The van der Waals surface area contributed by atoms with Crippen molar-refractivity contribution in [3.8, 4) is 0 Å². The molecule has 1 unspecified atom stereocenters. The molecule has 1 aromatic rings. The zero-order valence-electron chi connectivity index (χ0n) is 8.87. The first-order valence-electron chi connectivity index (χ1n) is 4.81. The van der Waals surface area contributed by atoms with Crippen LogP contribution in [0.4, 0.5) is 0 Å². The predicted molar refractivity (Wildman–Crippen MR) is 56.3 cm³/mol. The maximum atomic E-state index is 11.1. The number of benzene rings is 1. The molecule has 0 aliphatic rings. The lowest BCUT2D eigenvalue weighted by molar-refractivity contribution is 0.0530. The van der Waals surface area contributed by atoms with E-state index in [1.807, 2.05) is 13.0 Å². The smallest absolute Gasteiger partial charge is 0.159 e. The van der Waals surface area contributed by atoms with Gasteiger partial charge in [-0.15, -0.1) is 0 Å². The van der Waals surface area contributed by atoms with Crippen LogP contribution in [0.1, 0.15) is 43.1 Å². The fraction of sp³-hybridized carbons (Fsp3) is 0.417. The van der Waals surface area contributed by atoms with Gasteiger partial charge in [0, 0.05) is 5.56 Å². The van der Waals surface area contributed by atoms with E-state index in [0.717, 1.165) is 5.56 Å². The van der Waals surface area contributed by atoms with Gasteiger partial charge in [-0.25, -0.2) is 0 Å². The summed E-state index contributed by atoms with van der Waals surface area (Å²) in [6.45, 7) is 5.20. The molecule has 1 N–H and O–H groups in total. The van der Waals surface area contributed by atoms with Gasteiger partial charge in [-0.2, -0.15) is 0 Å². The average Bonchev–Trinajstić information content (AvgIpc) is 2.18. The van der Waals surface area contributed by atoms with Crippen LogP contribution in [-0.4, -0.2) is 10.9 Å². The lowest BCUT2D eigenvalue weighted by atomic mass is 9.91. The predicted octanol–water partition coefficient (Wildman–Crippen LogP) is 2.51. The molecule has 0 amide bonds. The van der Waals surface area contributed by atoms with Crippen molar-refractivity contribution < 1.29 is 9.90 Å². The first-order chi connectivity index (χ1) is 6.47. The molecule has 0 heterocycles. The van der Waals surface area contributed by atoms with Crippen LogP contribution in [0.3, 0.4) is 0 Å². The van der Waals surface area contributed by atoms with E-state index in [1.165, 1.54) is 6.92 Å². The van der Waals surface area contributed by atoms with Crippen molar-refractivity contribution in [2.24, 2.45) is 0 Å². The summed E-state index contributed by atoms with van der Waals surface area (Å²) in [5.74, 6) is 0.0266. The van der Waals surface area contributed by atoms with Gasteiger partial charge < -0.3 is 5.11 Å². The van der Waals surface area contributed by atoms with Crippen LogP contribution >= 0.6 is 0 Å². The van der Waals surface area contributed by atoms with E-state index < -0.39 is 5.60 Å². The summed E-state index contributed by atoms with van der Waals surface area (Å²) in [6, 6.07) is 7.16. The average molecular weight is 192 g/mol. The van der Waals surface area contributed by atoms with Crippen molar-refractivity contribution in [2.45, 2.75) is 32.8 Å². The summed E-state index contributed by atoms with van der Waals surface area (Å²) in [4.78, 5) is 11.1. The maximum absolute atomic E-state index is 11.1. The monoisotopic (exact) mass is 192 g/mol. The second kappa shape index (κ2) is 3.93. The summed E-state index contributed by atoms with van der Waals surface area (Å²) < 4.78 is 0. The molecule has 76 valence electrons. The molecule has 0 spiro atoms. The molecule has 0 fully saturated rings. The third-order valence-electron chi connectivity index (χ3n) is 2.58. The molecule has 2 heteroatoms. The highest BCUT2D eigenvalue weighted by Crippen LogP contribution is 2.24. The second-order valence-electron chi connectivity index (χ2n) is 3.76. The van der Waals surface area contributed by atoms with Gasteiger partial charge in [-0.05, 0) is 31.9 Å². The Balaban J connectivity index is 3.12. The highest BCUT2D eigenvalue weighted by atomic mass is 16.3. The summed E-state index contributed by atoms with van der Waals surface area (Å²) in [6.07, 6.45) is 0.633. The molecule has 0 saturated carbocycles. The van der Waals surface area contributed by atoms with E-state index in [4.69, 9.17) is 0 Å². The largest absolute Gasteiger partial charge is 0.385 e. The number of carbonyl (C=O) groups is 1. The van der Waals surface area contributed by atoms with Crippen molar-refractivity contribution in [1.29, 1.82) is 0 Å². The van der Waals surface area contributed by atoms with Crippen LogP contribution in [0, 0.1) is 0 Å². The first kappa shape index (κ1) is 10.9. The van der Waals surface area contributed by atoms with Crippen LogP contribution < -0.4 is 0 Å². The van der Waals surface area contributed by atoms with Crippen LogP contribution in [0.15, 0.2) is 24.3 Å². The first-order valence-corrected chi connectivity index (χ1v) is 4.81. The molecule has 2 nitrogen and oxygen atoms in total. The van der Waals surface area contributed by atoms with Gasteiger partial charge >= 0.3 is 0 Å². The van der Waals surface area contributed by atoms with E-state index in [1.54, 1.807) is 25.1 Å². The van der Waals surface area contributed by atoms with Gasteiger partial charge in [0.05, 0.1) is 5.60 Å². The third kappa shape index (κ3) is 2.20. The van der Waals surface area contributed by atoms with Crippen LogP contribution in [0.5, 0.6) is 0 Å². The molecule has 0 aliphatic heterocycles. The Kier molecular flexibility index (Phi) is 3.06. The zero-order valence-corrected chi connectivity index (χ0v) is 8.87.